The SMILES string of the molecule is C=CC(=O)NCc1ccccc1CC(=O)N1CCCC1C(=O)NC. The zero-order chi connectivity index (χ0) is 17.5. The molecule has 1 fully saturated rings. The number of carbonyl (C=O) groups is 3. The first-order chi connectivity index (χ1) is 11.6. The molecule has 1 heterocycles. The number of amides is 3. The lowest BCUT2D eigenvalue weighted by Crippen LogP contribution is -2.45. The molecule has 24 heavy (non-hydrogen) atoms. The largest absolute Gasteiger partial charge is 0.357 e. The number of likely N-dealkylation sites (N-methyl/N-ethyl adjacent to an activating group) is 1. The van der Waals surface area contributed by atoms with E-state index in [4.69, 9.17) is 0 Å². The van der Waals surface area contributed by atoms with Crippen LogP contribution in [0.15, 0.2) is 36.9 Å². The highest BCUT2D eigenvalue weighted by Gasteiger charge is 2.33. The monoisotopic (exact) mass is 329 g/mol. The number of hydrogen-bond acceptors (Lipinski definition) is 3. The predicted octanol–water partition coefficient (Wildman–Crippen LogP) is 0.768. The molecule has 128 valence electrons. The number of hydrogen-bond donors (Lipinski definition) is 2. The van der Waals surface area contributed by atoms with E-state index in [2.05, 4.69) is 17.2 Å². The molecular weight excluding hydrogens is 306 g/mol. The lowest BCUT2D eigenvalue weighted by atomic mass is 10.0. The average Bonchev–Trinajstić information content (AvgIpc) is 3.09. The van der Waals surface area contributed by atoms with Gasteiger partial charge in [-0.2, -0.15) is 0 Å². The van der Waals surface area contributed by atoms with Crippen LogP contribution in [-0.4, -0.2) is 42.3 Å². The van der Waals surface area contributed by atoms with Gasteiger partial charge in [-0.05, 0) is 30.0 Å². The van der Waals surface area contributed by atoms with E-state index in [1.54, 1.807) is 11.9 Å². The van der Waals surface area contributed by atoms with Gasteiger partial charge in [0, 0.05) is 20.1 Å². The van der Waals surface area contributed by atoms with Crippen LogP contribution < -0.4 is 10.6 Å². The van der Waals surface area contributed by atoms with Gasteiger partial charge in [0.05, 0.1) is 6.42 Å². The van der Waals surface area contributed by atoms with E-state index >= 15 is 0 Å². The summed E-state index contributed by atoms with van der Waals surface area (Å²) in [5.74, 6) is -0.439. The molecule has 1 aliphatic rings. The third-order valence-corrected chi connectivity index (χ3v) is 4.22. The molecule has 6 heteroatoms. The van der Waals surface area contributed by atoms with Gasteiger partial charge in [0.2, 0.25) is 17.7 Å². The molecule has 0 spiro atoms. The Bertz CT molecular complexity index is 642. The smallest absolute Gasteiger partial charge is 0.243 e. The van der Waals surface area contributed by atoms with Crippen LogP contribution >= 0.6 is 0 Å². The molecule has 2 N–H and O–H groups in total. The zero-order valence-corrected chi connectivity index (χ0v) is 13.9. The molecule has 0 saturated carbocycles. The molecule has 1 aromatic rings. The van der Waals surface area contributed by atoms with Crippen LogP contribution in [0.4, 0.5) is 0 Å². The Hall–Kier alpha value is -2.63. The molecule has 6 nitrogen and oxygen atoms in total. The van der Waals surface area contributed by atoms with E-state index in [1.165, 1.54) is 6.08 Å². The molecule has 0 aliphatic carbocycles. The summed E-state index contributed by atoms with van der Waals surface area (Å²) in [6.07, 6.45) is 2.96. The first-order valence-corrected chi connectivity index (χ1v) is 8.05. The third kappa shape index (κ3) is 4.22. The molecule has 3 amide bonds. The van der Waals surface area contributed by atoms with Crippen LogP contribution in [0.2, 0.25) is 0 Å². The molecule has 1 aliphatic heterocycles. The minimum atomic E-state index is -0.380. The fourth-order valence-corrected chi connectivity index (χ4v) is 2.93. The maximum Gasteiger partial charge on any atom is 0.243 e. The van der Waals surface area contributed by atoms with Gasteiger partial charge >= 0.3 is 0 Å². The molecule has 0 bridgehead atoms. The first kappa shape index (κ1) is 17.7. The topological polar surface area (TPSA) is 78.5 Å². The fourth-order valence-electron chi connectivity index (χ4n) is 2.93. The average molecular weight is 329 g/mol. The summed E-state index contributed by atoms with van der Waals surface area (Å²) in [4.78, 5) is 37.5. The zero-order valence-electron chi connectivity index (χ0n) is 13.9. The first-order valence-electron chi connectivity index (χ1n) is 8.05. The number of benzene rings is 1. The number of likely N-dealkylation sites (tertiary alicyclic amines) is 1. The van der Waals surface area contributed by atoms with Gasteiger partial charge in [-0.25, -0.2) is 0 Å². The minimum Gasteiger partial charge on any atom is -0.357 e. The van der Waals surface area contributed by atoms with Gasteiger partial charge in [-0.3, -0.25) is 14.4 Å². The lowest BCUT2D eigenvalue weighted by Gasteiger charge is -2.24. The number of nitrogens with zero attached hydrogens (tertiary/aromatic N) is 1. The van der Waals surface area contributed by atoms with Gasteiger partial charge in [0.15, 0.2) is 0 Å². The van der Waals surface area contributed by atoms with Crippen molar-refractivity contribution in [2.24, 2.45) is 0 Å². The Morgan fingerprint density at radius 2 is 2.00 bits per heavy atom. The number of nitrogens with one attached hydrogen (secondary N) is 2. The highest BCUT2D eigenvalue weighted by atomic mass is 16.2. The number of carbonyl (C=O) groups excluding carboxylic acids is 3. The summed E-state index contributed by atoms with van der Waals surface area (Å²) < 4.78 is 0. The summed E-state index contributed by atoms with van der Waals surface area (Å²) in [6.45, 7) is 4.36. The van der Waals surface area contributed by atoms with Crippen LogP contribution in [0.3, 0.4) is 0 Å². The van der Waals surface area contributed by atoms with E-state index in [9.17, 15) is 14.4 Å². The van der Waals surface area contributed by atoms with Crippen molar-refractivity contribution in [3.8, 4) is 0 Å². The molecule has 0 aromatic heterocycles. The molecule has 2 rings (SSSR count). The van der Waals surface area contributed by atoms with Crippen molar-refractivity contribution in [2.75, 3.05) is 13.6 Å². The van der Waals surface area contributed by atoms with Crippen LogP contribution in [0, 0.1) is 0 Å². The Morgan fingerprint density at radius 1 is 1.29 bits per heavy atom. The molecular formula is C18H23N3O3. The quantitative estimate of drug-likeness (QED) is 0.757. The molecule has 1 aromatic carbocycles. The van der Waals surface area contributed by atoms with Crippen molar-refractivity contribution in [2.45, 2.75) is 31.8 Å². The van der Waals surface area contributed by atoms with Crippen molar-refractivity contribution in [1.29, 1.82) is 0 Å². The van der Waals surface area contributed by atoms with E-state index < -0.39 is 0 Å². The summed E-state index contributed by atoms with van der Waals surface area (Å²) in [6, 6.07) is 7.11. The van der Waals surface area contributed by atoms with Gasteiger partial charge in [0.25, 0.3) is 0 Å². The van der Waals surface area contributed by atoms with E-state index in [0.29, 0.717) is 19.5 Å². The van der Waals surface area contributed by atoms with Crippen LogP contribution in [0.5, 0.6) is 0 Å². The Balaban J connectivity index is 2.07. The second-order valence-corrected chi connectivity index (χ2v) is 5.73. The maximum absolute atomic E-state index is 12.6. The van der Waals surface area contributed by atoms with Crippen molar-refractivity contribution >= 4 is 17.7 Å². The van der Waals surface area contributed by atoms with Gasteiger partial charge < -0.3 is 15.5 Å². The second-order valence-electron chi connectivity index (χ2n) is 5.73. The normalized spacial score (nSPS) is 16.5. The summed E-state index contributed by atoms with van der Waals surface area (Å²) in [5, 5.41) is 5.34. The van der Waals surface area contributed by atoms with E-state index in [0.717, 1.165) is 17.5 Å². The fraction of sp³-hybridized carbons (Fsp3) is 0.389. The van der Waals surface area contributed by atoms with Gasteiger partial charge in [-0.15, -0.1) is 0 Å². The van der Waals surface area contributed by atoms with Crippen LogP contribution in [0.1, 0.15) is 24.0 Å². The van der Waals surface area contributed by atoms with Crippen molar-refractivity contribution in [3.63, 3.8) is 0 Å². The summed E-state index contributed by atoms with van der Waals surface area (Å²) in [5.41, 5.74) is 1.74. The highest BCUT2D eigenvalue weighted by molar-refractivity contribution is 5.89. The van der Waals surface area contributed by atoms with E-state index in [1.807, 2.05) is 24.3 Å². The standard InChI is InChI=1S/C18H23N3O3/c1-3-16(22)20-12-14-8-5-4-7-13(14)11-17(23)21-10-6-9-15(21)18(24)19-2/h3-5,7-8,15H,1,6,9-12H2,2H3,(H,19,24)(H,20,22). The Morgan fingerprint density at radius 3 is 2.67 bits per heavy atom. The van der Waals surface area contributed by atoms with Crippen molar-refractivity contribution in [3.05, 3.63) is 48.0 Å². The van der Waals surface area contributed by atoms with Crippen molar-refractivity contribution < 1.29 is 14.4 Å². The third-order valence-electron chi connectivity index (χ3n) is 4.22. The number of rotatable bonds is 6. The lowest BCUT2D eigenvalue weighted by molar-refractivity contribution is -0.137. The molecule has 1 atom stereocenters. The van der Waals surface area contributed by atoms with Crippen molar-refractivity contribution in [1.82, 2.24) is 15.5 Å². The summed E-state index contributed by atoms with van der Waals surface area (Å²) in [7, 11) is 1.58. The van der Waals surface area contributed by atoms with Crippen LogP contribution in [0.25, 0.3) is 0 Å². The Labute approximate surface area is 141 Å². The summed E-state index contributed by atoms with van der Waals surface area (Å²) >= 11 is 0. The van der Waals surface area contributed by atoms with Crippen LogP contribution in [-0.2, 0) is 27.3 Å². The second kappa shape index (κ2) is 8.29. The maximum atomic E-state index is 12.6. The van der Waals surface area contributed by atoms with E-state index in [-0.39, 0.29) is 30.2 Å². The minimum absolute atomic E-state index is 0.0661. The Kier molecular flexibility index (Phi) is 6.12. The highest BCUT2D eigenvalue weighted by Crippen LogP contribution is 2.20. The molecule has 0 radical (unpaired) electrons. The molecule has 1 saturated heterocycles. The van der Waals surface area contributed by atoms with Gasteiger partial charge in [-0.1, -0.05) is 30.8 Å². The molecule has 1 unspecified atom stereocenters. The predicted molar refractivity (Wildman–Crippen MR) is 91.0 cm³/mol. The van der Waals surface area contributed by atoms with Gasteiger partial charge in [0.1, 0.15) is 6.04 Å².